The summed E-state index contributed by atoms with van der Waals surface area (Å²) < 4.78 is 43.8. The Labute approximate surface area is 132 Å². The number of rotatable bonds is 5. The third-order valence-corrected chi connectivity index (χ3v) is 3.43. The zero-order chi connectivity index (χ0) is 17.0. The third-order valence-electron chi connectivity index (χ3n) is 3.43. The van der Waals surface area contributed by atoms with E-state index in [0.29, 0.717) is 26.2 Å². The Morgan fingerprint density at radius 2 is 2.26 bits per heavy atom. The Morgan fingerprint density at radius 3 is 2.91 bits per heavy atom. The van der Waals surface area contributed by atoms with Gasteiger partial charge in [0.25, 0.3) is 0 Å². The van der Waals surface area contributed by atoms with E-state index in [9.17, 15) is 18.0 Å². The maximum absolute atomic E-state index is 12.7. The second-order valence-electron chi connectivity index (χ2n) is 5.48. The van der Waals surface area contributed by atoms with Crippen LogP contribution in [0.1, 0.15) is 5.69 Å². The van der Waals surface area contributed by atoms with Crippen LogP contribution in [0.15, 0.2) is 18.2 Å². The number of hydrogen-bond donors (Lipinski definition) is 1. The number of likely N-dealkylation sites (N-methyl/N-ethyl adjacent to an activating group) is 1. The molecule has 0 bridgehead atoms. The molecule has 1 aliphatic rings. The van der Waals surface area contributed by atoms with Crippen molar-refractivity contribution in [3.8, 4) is 0 Å². The summed E-state index contributed by atoms with van der Waals surface area (Å²) in [7, 11) is 1.73. The fourth-order valence-electron chi connectivity index (χ4n) is 2.47. The molecule has 1 aromatic rings. The van der Waals surface area contributed by atoms with Crippen LogP contribution in [0, 0.1) is 0 Å². The minimum Gasteiger partial charge on any atom is -0.373 e. The van der Waals surface area contributed by atoms with E-state index in [1.807, 2.05) is 0 Å². The summed E-state index contributed by atoms with van der Waals surface area (Å²) in [5.41, 5.74) is 4.21. The number of amides is 1. The van der Waals surface area contributed by atoms with Crippen molar-refractivity contribution in [3.63, 3.8) is 0 Å². The first-order chi connectivity index (χ1) is 10.8. The van der Waals surface area contributed by atoms with Gasteiger partial charge in [-0.05, 0) is 19.2 Å². The predicted octanol–water partition coefficient (Wildman–Crippen LogP) is 0.723. The summed E-state index contributed by atoms with van der Waals surface area (Å²) >= 11 is 0. The van der Waals surface area contributed by atoms with Gasteiger partial charge < -0.3 is 15.4 Å². The monoisotopic (exact) mass is 332 g/mol. The second kappa shape index (κ2) is 7.14. The molecule has 128 valence electrons. The van der Waals surface area contributed by atoms with Crippen molar-refractivity contribution in [1.82, 2.24) is 9.88 Å². The molecule has 0 radical (unpaired) electrons. The smallest absolute Gasteiger partial charge is 0.373 e. The highest BCUT2D eigenvalue weighted by molar-refractivity contribution is 5.75. The summed E-state index contributed by atoms with van der Waals surface area (Å²) in [5, 5.41) is 0. The SMILES string of the molecule is CN(CC(N)=O)C[C@@H]1CN(c2cccc(C(F)(F)F)n2)CCO1. The molecule has 9 heteroatoms. The van der Waals surface area contributed by atoms with Gasteiger partial charge in [-0.2, -0.15) is 13.2 Å². The van der Waals surface area contributed by atoms with Crippen LogP contribution in [0.3, 0.4) is 0 Å². The Kier molecular flexibility index (Phi) is 5.42. The minimum atomic E-state index is -4.47. The van der Waals surface area contributed by atoms with Crippen LogP contribution < -0.4 is 10.6 Å². The molecule has 1 aliphatic heterocycles. The fraction of sp³-hybridized carbons (Fsp3) is 0.571. The van der Waals surface area contributed by atoms with Crippen LogP contribution in [-0.4, -0.2) is 61.7 Å². The van der Waals surface area contributed by atoms with Crippen LogP contribution in [-0.2, 0) is 15.7 Å². The maximum atomic E-state index is 12.7. The van der Waals surface area contributed by atoms with Gasteiger partial charge in [0.2, 0.25) is 5.91 Å². The van der Waals surface area contributed by atoms with Gasteiger partial charge in [-0.1, -0.05) is 6.07 Å². The highest BCUT2D eigenvalue weighted by atomic mass is 19.4. The summed E-state index contributed by atoms with van der Waals surface area (Å²) in [6.07, 6.45) is -4.70. The van der Waals surface area contributed by atoms with Crippen molar-refractivity contribution in [2.24, 2.45) is 5.73 Å². The zero-order valence-corrected chi connectivity index (χ0v) is 12.7. The lowest BCUT2D eigenvalue weighted by Gasteiger charge is -2.35. The Bertz CT molecular complexity index is 553. The molecule has 1 fully saturated rings. The summed E-state index contributed by atoms with van der Waals surface area (Å²) in [6, 6.07) is 3.83. The molecule has 2 heterocycles. The average Bonchev–Trinajstić information content (AvgIpc) is 2.46. The first-order valence-electron chi connectivity index (χ1n) is 7.13. The van der Waals surface area contributed by atoms with Crippen LogP contribution in [0.4, 0.5) is 19.0 Å². The maximum Gasteiger partial charge on any atom is 0.433 e. The molecule has 6 nitrogen and oxygen atoms in total. The number of nitrogens with zero attached hydrogens (tertiary/aromatic N) is 3. The molecule has 1 atom stereocenters. The molecule has 0 aromatic carbocycles. The molecule has 1 amide bonds. The second-order valence-corrected chi connectivity index (χ2v) is 5.48. The largest absolute Gasteiger partial charge is 0.433 e. The van der Waals surface area contributed by atoms with E-state index in [2.05, 4.69) is 4.98 Å². The van der Waals surface area contributed by atoms with Crippen LogP contribution in [0.25, 0.3) is 0 Å². The highest BCUT2D eigenvalue weighted by Gasteiger charge is 2.33. The number of alkyl halides is 3. The number of primary amides is 1. The van der Waals surface area contributed by atoms with E-state index in [1.165, 1.54) is 6.07 Å². The normalized spacial score (nSPS) is 19.2. The van der Waals surface area contributed by atoms with Gasteiger partial charge in [0, 0.05) is 19.6 Å². The van der Waals surface area contributed by atoms with Crippen LogP contribution >= 0.6 is 0 Å². The molecule has 0 aliphatic carbocycles. The first kappa shape index (κ1) is 17.5. The van der Waals surface area contributed by atoms with Crippen molar-refractivity contribution in [2.75, 3.05) is 44.7 Å². The van der Waals surface area contributed by atoms with Gasteiger partial charge in [0.1, 0.15) is 11.5 Å². The predicted molar refractivity (Wildman–Crippen MR) is 77.9 cm³/mol. The van der Waals surface area contributed by atoms with E-state index in [4.69, 9.17) is 10.5 Å². The number of hydrogen-bond acceptors (Lipinski definition) is 5. The molecule has 2 N–H and O–H groups in total. The molecular formula is C14H19F3N4O2. The van der Waals surface area contributed by atoms with Gasteiger partial charge in [-0.3, -0.25) is 9.69 Å². The van der Waals surface area contributed by atoms with Gasteiger partial charge in [0.15, 0.2) is 0 Å². The van der Waals surface area contributed by atoms with Crippen LogP contribution in [0.2, 0.25) is 0 Å². The Morgan fingerprint density at radius 1 is 1.52 bits per heavy atom. The van der Waals surface area contributed by atoms with Gasteiger partial charge >= 0.3 is 6.18 Å². The van der Waals surface area contributed by atoms with Crippen molar-refractivity contribution in [3.05, 3.63) is 23.9 Å². The quantitative estimate of drug-likeness (QED) is 0.860. The molecule has 0 unspecified atom stereocenters. The lowest BCUT2D eigenvalue weighted by atomic mass is 10.2. The average molecular weight is 332 g/mol. The fourth-order valence-corrected chi connectivity index (χ4v) is 2.47. The molecule has 23 heavy (non-hydrogen) atoms. The number of nitrogens with two attached hydrogens (primary N) is 1. The number of morpholine rings is 1. The molecule has 1 aromatic heterocycles. The lowest BCUT2D eigenvalue weighted by Crippen LogP contribution is -2.48. The third kappa shape index (κ3) is 5.07. The Hall–Kier alpha value is -1.87. The lowest BCUT2D eigenvalue weighted by molar-refractivity contribution is -0.141. The van der Waals surface area contributed by atoms with E-state index in [0.717, 1.165) is 6.07 Å². The van der Waals surface area contributed by atoms with Crippen LogP contribution in [0.5, 0.6) is 0 Å². The molecule has 2 rings (SSSR count). The zero-order valence-electron chi connectivity index (χ0n) is 12.7. The molecule has 0 spiro atoms. The topological polar surface area (TPSA) is 71.7 Å². The highest BCUT2D eigenvalue weighted by Crippen LogP contribution is 2.29. The first-order valence-corrected chi connectivity index (χ1v) is 7.13. The van der Waals surface area contributed by atoms with E-state index >= 15 is 0 Å². The van der Waals surface area contributed by atoms with Crippen molar-refractivity contribution >= 4 is 11.7 Å². The van der Waals surface area contributed by atoms with Crippen molar-refractivity contribution in [2.45, 2.75) is 12.3 Å². The van der Waals surface area contributed by atoms with Crippen molar-refractivity contribution in [1.29, 1.82) is 0 Å². The summed E-state index contributed by atoms with van der Waals surface area (Å²) in [4.78, 5) is 18.0. The molecule has 0 saturated carbocycles. The van der Waals surface area contributed by atoms with E-state index in [-0.39, 0.29) is 18.5 Å². The molecule has 1 saturated heterocycles. The van der Waals surface area contributed by atoms with Gasteiger partial charge in [0.05, 0.1) is 19.3 Å². The minimum absolute atomic E-state index is 0.0989. The van der Waals surface area contributed by atoms with Gasteiger partial charge in [-0.25, -0.2) is 4.98 Å². The van der Waals surface area contributed by atoms with Gasteiger partial charge in [-0.15, -0.1) is 0 Å². The summed E-state index contributed by atoms with van der Waals surface area (Å²) in [6.45, 7) is 1.80. The Balaban J connectivity index is 2.02. The molecular weight excluding hydrogens is 313 g/mol. The van der Waals surface area contributed by atoms with E-state index < -0.39 is 17.8 Å². The number of aromatic nitrogens is 1. The van der Waals surface area contributed by atoms with E-state index in [1.54, 1.807) is 22.9 Å². The number of ether oxygens (including phenoxy) is 1. The number of carbonyl (C=O) groups is 1. The standard InChI is InChI=1S/C14H19F3N4O2/c1-20(9-12(18)22)7-10-8-21(5-6-23-10)13-4-2-3-11(19-13)14(15,16)17/h2-4,10H,5-9H2,1H3,(H2,18,22)/t10-/m1/s1. The number of carbonyl (C=O) groups excluding carboxylic acids is 1. The van der Waals surface area contributed by atoms with Crippen molar-refractivity contribution < 1.29 is 22.7 Å². The summed E-state index contributed by atoms with van der Waals surface area (Å²) in [5.74, 6) is -0.176. The number of anilines is 1. The number of halogens is 3. The number of pyridine rings is 1.